The molecular formula is C14H10N2O3. The normalized spacial score (nSPS) is 10.7. The van der Waals surface area contributed by atoms with Gasteiger partial charge in [0.2, 0.25) is 0 Å². The molecule has 1 heterocycles. The zero-order valence-electron chi connectivity index (χ0n) is 9.79. The highest BCUT2D eigenvalue weighted by atomic mass is 16.4. The van der Waals surface area contributed by atoms with Crippen molar-refractivity contribution in [3.05, 3.63) is 48.0 Å². The van der Waals surface area contributed by atoms with Crippen molar-refractivity contribution in [1.29, 1.82) is 0 Å². The molecule has 0 saturated carbocycles. The number of rotatable bonds is 2. The lowest BCUT2D eigenvalue weighted by Crippen LogP contribution is -1.94. The van der Waals surface area contributed by atoms with Crippen molar-refractivity contribution < 1.29 is 15.0 Å². The van der Waals surface area contributed by atoms with E-state index < -0.39 is 5.97 Å². The number of hydrogen-bond donors (Lipinski definition) is 3. The highest BCUT2D eigenvalue weighted by Gasteiger charge is 2.10. The van der Waals surface area contributed by atoms with Crippen molar-refractivity contribution in [3.63, 3.8) is 0 Å². The largest absolute Gasteiger partial charge is 0.507 e. The van der Waals surface area contributed by atoms with Crippen LogP contribution in [0.3, 0.4) is 0 Å². The molecule has 0 fully saturated rings. The van der Waals surface area contributed by atoms with Crippen LogP contribution in [0.4, 0.5) is 0 Å². The van der Waals surface area contributed by atoms with Gasteiger partial charge >= 0.3 is 5.97 Å². The van der Waals surface area contributed by atoms with Gasteiger partial charge in [-0.25, -0.2) is 9.78 Å². The van der Waals surface area contributed by atoms with E-state index in [0.29, 0.717) is 22.4 Å². The highest BCUT2D eigenvalue weighted by Crippen LogP contribution is 2.28. The van der Waals surface area contributed by atoms with E-state index in [-0.39, 0.29) is 11.3 Å². The number of fused-ring (bicyclic) bond motifs is 1. The standard InChI is InChI=1S/C14H10N2O3/c17-12-4-2-1-3-9(12)13-15-10-6-5-8(14(18)19)7-11(10)16-13/h1-7,17H,(H,15,16)(H,18,19). The van der Waals surface area contributed by atoms with Crippen molar-refractivity contribution in [2.24, 2.45) is 0 Å². The fraction of sp³-hybridized carbons (Fsp3) is 0. The number of H-pyrrole nitrogens is 1. The predicted molar refractivity (Wildman–Crippen MR) is 70.2 cm³/mol. The Morgan fingerprint density at radius 1 is 1.16 bits per heavy atom. The summed E-state index contributed by atoms with van der Waals surface area (Å²) in [5.41, 5.74) is 2.05. The molecule has 0 spiro atoms. The summed E-state index contributed by atoms with van der Waals surface area (Å²) in [6.07, 6.45) is 0. The maximum absolute atomic E-state index is 10.9. The molecule has 3 N–H and O–H groups in total. The van der Waals surface area contributed by atoms with Gasteiger partial charge in [0.05, 0.1) is 22.2 Å². The highest BCUT2D eigenvalue weighted by molar-refractivity contribution is 5.93. The zero-order valence-corrected chi connectivity index (χ0v) is 9.79. The predicted octanol–water partition coefficient (Wildman–Crippen LogP) is 2.63. The fourth-order valence-corrected chi connectivity index (χ4v) is 1.94. The summed E-state index contributed by atoms with van der Waals surface area (Å²) in [6, 6.07) is 11.5. The van der Waals surface area contributed by atoms with Crippen LogP contribution >= 0.6 is 0 Å². The second-order valence-corrected chi connectivity index (χ2v) is 4.14. The number of nitrogens with one attached hydrogen (secondary N) is 1. The van der Waals surface area contributed by atoms with E-state index in [2.05, 4.69) is 9.97 Å². The summed E-state index contributed by atoms with van der Waals surface area (Å²) in [6.45, 7) is 0. The summed E-state index contributed by atoms with van der Waals surface area (Å²) in [7, 11) is 0. The van der Waals surface area contributed by atoms with E-state index in [1.165, 1.54) is 12.1 Å². The Balaban J connectivity index is 2.17. The van der Waals surface area contributed by atoms with Gasteiger partial charge in [0.1, 0.15) is 11.6 Å². The van der Waals surface area contributed by atoms with Crippen molar-refractivity contribution in [2.75, 3.05) is 0 Å². The molecule has 94 valence electrons. The van der Waals surface area contributed by atoms with Crippen molar-refractivity contribution in [2.45, 2.75) is 0 Å². The minimum absolute atomic E-state index is 0.125. The third kappa shape index (κ3) is 1.91. The molecule has 0 amide bonds. The number of carboxylic acid groups (broad SMARTS) is 1. The molecule has 0 atom stereocenters. The number of phenols is 1. The third-order valence-electron chi connectivity index (χ3n) is 2.89. The molecule has 2 aromatic carbocycles. The first kappa shape index (κ1) is 11.3. The van der Waals surface area contributed by atoms with E-state index in [9.17, 15) is 9.90 Å². The number of para-hydroxylation sites is 1. The van der Waals surface area contributed by atoms with Crippen molar-refractivity contribution in [1.82, 2.24) is 9.97 Å². The van der Waals surface area contributed by atoms with Gasteiger partial charge in [0, 0.05) is 0 Å². The molecule has 0 aliphatic carbocycles. The molecular weight excluding hydrogens is 244 g/mol. The lowest BCUT2D eigenvalue weighted by atomic mass is 10.2. The molecule has 0 aliphatic heterocycles. The molecule has 0 saturated heterocycles. The van der Waals surface area contributed by atoms with E-state index in [0.717, 1.165) is 0 Å². The van der Waals surface area contributed by atoms with Crippen LogP contribution in [-0.4, -0.2) is 26.2 Å². The third-order valence-corrected chi connectivity index (χ3v) is 2.89. The minimum Gasteiger partial charge on any atom is -0.507 e. The number of hydrogen-bond acceptors (Lipinski definition) is 3. The van der Waals surface area contributed by atoms with Crippen LogP contribution in [-0.2, 0) is 0 Å². The molecule has 19 heavy (non-hydrogen) atoms. The Morgan fingerprint density at radius 2 is 1.95 bits per heavy atom. The number of aromatic hydroxyl groups is 1. The molecule has 0 unspecified atom stereocenters. The quantitative estimate of drug-likeness (QED) is 0.656. The number of phenolic OH excluding ortho intramolecular Hbond substituents is 1. The van der Waals surface area contributed by atoms with Crippen LogP contribution in [0.1, 0.15) is 10.4 Å². The molecule has 1 aromatic heterocycles. The average molecular weight is 254 g/mol. The molecule has 5 heteroatoms. The Hall–Kier alpha value is -2.82. The number of aromatic amines is 1. The SMILES string of the molecule is O=C(O)c1ccc2nc(-c3ccccc3O)[nH]c2c1. The summed E-state index contributed by atoms with van der Waals surface area (Å²) >= 11 is 0. The van der Waals surface area contributed by atoms with Crippen LogP contribution in [0.2, 0.25) is 0 Å². The van der Waals surface area contributed by atoms with Crippen LogP contribution < -0.4 is 0 Å². The second-order valence-electron chi connectivity index (χ2n) is 4.14. The van der Waals surface area contributed by atoms with E-state index >= 15 is 0 Å². The van der Waals surface area contributed by atoms with E-state index in [1.54, 1.807) is 30.3 Å². The first-order valence-electron chi connectivity index (χ1n) is 5.66. The maximum atomic E-state index is 10.9. The number of imidazole rings is 1. The van der Waals surface area contributed by atoms with Gasteiger partial charge in [-0.05, 0) is 30.3 Å². The van der Waals surface area contributed by atoms with Crippen LogP contribution in [0.15, 0.2) is 42.5 Å². The fourth-order valence-electron chi connectivity index (χ4n) is 1.94. The van der Waals surface area contributed by atoms with Crippen molar-refractivity contribution in [3.8, 4) is 17.1 Å². The second kappa shape index (κ2) is 4.13. The molecule has 3 rings (SSSR count). The lowest BCUT2D eigenvalue weighted by Gasteiger charge is -1.98. The number of aromatic nitrogens is 2. The number of carboxylic acids is 1. The Labute approximate surface area is 108 Å². The minimum atomic E-state index is -0.986. The van der Waals surface area contributed by atoms with Gasteiger partial charge in [-0.15, -0.1) is 0 Å². The van der Waals surface area contributed by atoms with Gasteiger partial charge in [0.15, 0.2) is 0 Å². The van der Waals surface area contributed by atoms with E-state index in [4.69, 9.17) is 5.11 Å². The van der Waals surface area contributed by atoms with Gasteiger partial charge in [-0.2, -0.15) is 0 Å². The number of benzene rings is 2. The van der Waals surface area contributed by atoms with E-state index in [1.807, 2.05) is 0 Å². The molecule has 3 aromatic rings. The Bertz CT molecular complexity index is 777. The monoisotopic (exact) mass is 254 g/mol. The molecule has 0 aliphatic rings. The number of aromatic carboxylic acids is 1. The Kier molecular flexibility index (Phi) is 2.45. The van der Waals surface area contributed by atoms with Gasteiger partial charge in [-0.1, -0.05) is 12.1 Å². The molecule has 0 bridgehead atoms. The smallest absolute Gasteiger partial charge is 0.335 e. The van der Waals surface area contributed by atoms with Crippen LogP contribution in [0, 0.1) is 0 Å². The first-order chi connectivity index (χ1) is 9.15. The summed E-state index contributed by atoms with van der Waals surface area (Å²) in [5, 5.41) is 18.7. The van der Waals surface area contributed by atoms with Gasteiger partial charge < -0.3 is 15.2 Å². The maximum Gasteiger partial charge on any atom is 0.335 e. The topological polar surface area (TPSA) is 86.2 Å². The summed E-state index contributed by atoms with van der Waals surface area (Å²) in [5.74, 6) is -0.351. The number of carbonyl (C=O) groups is 1. The average Bonchev–Trinajstić information content (AvgIpc) is 2.81. The van der Waals surface area contributed by atoms with Gasteiger partial charge in [0.25, 0.3) is 0 Å². The molecule has 5 nitrogen and oxygen atoms in total. The van der Waals surface area contributed by atoms with Gasteiger partial charge in [-0.3, -0.25) is 0 Å². The summed E-state index contributed by atoms with van der Waals surface area (Å²) in [4.78, 5) is 18.3. The summed E-state index contributed by atoms with van der Waals surface area (Å²) < 4.78 is 0. The zero-order chi connectivity index (χ0) is 13.4. The number of nitrogens with zero attached hydrogens (tertiary/aromatic N) is 1. The van der Waals surface area contributed by atoms with Crippen LogP contribution in [0.5, 0.6) is 5.75 Å². The van der Waals surface area contributed by atoms with Crippen molar-refractivity contribution >= 4 is 17.0 Å². The van der Waals surface area contributed by atoms with Crippen LogP contribution in [0.25, 0.3) is 22.4 Å². The Morgan fingerprint density at radius 3 is 2.68 bits per heavy atom. The first-order valence-corrected chi connectivity index (χ1v) is 5.66. The lowest BCUT2D eigenvalue weighted by molar-refractivity contribution is 0.0697. The molecule has 0 radical (unpaired) electrons.